The second-order valence-electron chi connectivity index (χ2n) is 15.3. The fourth-order valence-corrected chi connectivity index (χ4v) is 5.61. The largest absolute Gasteiger partial charge is 0.394 e. The predicted octanol–water partition coefficient (Wildman–Crippen LogP) is -4.22. The smallest absolute Gasteiger partial charge is 0.245 e. The van der Waals surface area contributed by atoms with Crippen LogP contribution in [0.3, 0.4) is 0 Å². The standard InChI is InChI=1S/C36H68N14O9/c1-18(2)14-24(45-21(7)52)32(57)46-22(10-8-12-42-35(38)39)30(55)48-25(15-19(3)4)33(58)47-23(11-9-13-43-36(40)41)31(56)50-28(20(5)6)34(59)49-26(17-51)29(54)44-16-27(37)53/h18-20,22-26,28,51H,8-17H2,1-7H3,(H2,37,53)(H,44,54)(H,45,52)(H,46,57)(H,47,58)(H,48,55)(H,49,59)(H,50,56)(H4,38,39,42)(H4,40,41,43)/t22-,23-,24-,25-,26-,28-/m0/s1. The van der Waals surface area contributed by atoms with Crippen molar-refractivity contribution in [1.82, 2.24) is 47.9 Å². The fourth-order valence-electron chi connectivity index (χ4n) is 5.61. The van der Waals surface area contributed by atoms with E-state index in [0.29, 0.717) is 0 Å². The van der Waals surface area contributed by atoms with E-state index in [9.17, 15) is 43.5 Å². The lowest BCUT2D eigenvalue weighted by molar-refractivity contribution is -0.136. The van der Waals surface area contributed by atoms with Gasteiger partial charge in [-0.2, -0.15) is 0 Å². The number of carbonyl (C=O) groups excluding carboxylic acids is 8. The van der Waals surface area contributed by atoms with Crippen LogP contribution >= 0.6 is 0 Å². The second kappa shape index (κ2) is 27.8. The highest BCUT2D eigenvalue weighted by atomic mass is 16.3. The third kappa shape index (κ3) is 23.3. The SMILES string of the molecule is CC(=O)N[C@@H](CC(C)C)C(=O)N[C@@H](CCCNC(=N)N)C(=O)N[C@@H](CC(C)C)C(=O)N[C@@H](CCCNC(=N)N)C(=O)N[C@H](C(=O)N[C@@H](CO)C(=O)NCC(N)=O)C(C)C. The van der Waals surface area contributed by atoms with Gasteiger partial charge in [0.15, 0.2) is 11.9 Å². The molecule has 0 aliphatic heterocycles. The Hall–Kier alpha value is -5.74. The van der Waals surface area contributed by atoms with Crippen molar-refractivity contribution in [2.45, 2.75) is 123 Å². The monoisotopic (exact) mass is 841 g/mol. The Bertz CT molecular complexity index is 1460. The van der Waals surface area contributed by atoms with Gasteiger partial charge in [-0.15, -0.1) is 0 Å². The number of carbonyl (C=O) groups is 8. The number of nitrogens with one attached hydrogen (secondary N) is 11. The summed E-state index contributed by atoms with van der Waals surface area (Å²) < 4.78 is 0. The summed E-state index contributed by atoms with van der Waals surface area (Å²) in [6, 6.07) is -7.43. The van der Waals surface area contributed by atoms with Crippen LogP contribution in [0.4, 0.5) is 0 Å². The van der Waals surface area contributed by atoms with Gasteiger partial charge < -0.3 is 70.2 Å². The molecule has 0 aromatic heterocycles. The van der Waals surface area contributed by atoms with Gasteiger partial charge in [0.25, 0.3) is 0 Å². The van der Waals surface area contributed by atoms with Crippen molar-refractivity contribution in [3.05, 3.63) is 0 Å². The van der Waals surface area contributed by atoms with Gasteiger partial charge >= 0.3 is 0 Å². The molecule has 0 spiro atoms. The normalized spacial score (nSPS) is 14.0. The molecule has 0 bridgehead atoms. The summed E-state index contributed by atoms with van der Waals surface area (Å²) in [7, 11) is 0. The molecule has 59 heavy (non-hydrogen) atoms. The number of hydrogen-bond donors (Lipinski definition) is 15. The number of aliphatic hydroxyl groups is 1. The van der Waals surface area contributed by atoms with E-state index in [1.165, 1.54) is 6.92 Å². The maximum atomic E-state index is 14.0. The average molecular weight is 841 g/mol. The predicted molar refractivity (Wildman–Crippen MR) is 219 cm³/mol. The lowest BCUT2D eigenvalue weighted by atomic mass is 9.99. The molecule has 0 aliphatic carbocycles. The van der Waals surface area contributed by atoms with Gasteiger partial charge in [0, 0.05) is 20.0 Å². The molecule has 0 fully saturated rings. The van der Waals surface area contributed by atoms with E-state index in [1.54, 1.807) is 27.7 Å². The number of guanidine groups is 2. The first-order valence-electron chi connectivity index (χ1n) is 19.6. The Morgan fingerprint density at radius 1 is 0.525 bits per heavy atom. The number of nitrogens with two attached hydrogens (primary N) is 3. The molecule has 0 aromatic carbocycles. The Balaban J connectivity index is 6.47. The summed E-state index contributed by atoms with van der Waals surface area (Å²) in [5.41, 5.74) is 15.8. The van der Waals surface area contributed by atoms with Crippen molar-refractivity contribution >= 4 is 59.2 Å². The lowest BCUT2D eigenvalue weighted by Crippen LogP contribution is -2.61. The molecular weight excluding hydrogens is 772 g/mol. The molecule has 18 N–H and O–H groups in total. The molecule has 0 saturated heterocycles. The highest BCUT2D eigenvalue weighted by molar-refractivity contribution is 5.97. The number of hydrogen-bond acceptors (Lipinski definition) is 11. The molecule has 0 saturated carbocycles. The highest BCUT2D eigenvalue weighted by Crippen LogP contribution is 2.11. The Morgan fingerprint density at radius 3 is 1.29 bits per heavy atom. The summed E-state index contributed by atoms with van der Waals surface area (Å²) >= 11 is 0. The second-order valence-corrected chi connectivity index (χ2v) is 15.3. The minimum Gasteiger partial charge on any atom is -0.394 e. The van der Waals surface area contributed by atoms with Gasteiger partial charge in [-0.05, 0) is 56.3 Å². The zero-order valence-corrected chi connectivity index (χ0v) is 35.2. The van der Waals surface area contributed by atoms with Crippen LogP contribution in [0, 0.1) is 28.6 Å². The summed E-state index contributed by atoms with van der Waals surface area (Å²) in [4.78, 5) is 104. The summed E-state index contributed by atoms with van der Waals surface area (Å²) in [6.07, 6.45) is 0.889. The number of aliphatic hydroxyl groups excluding tert-OH is 1. The quantitative estimate of drug-likeness (QED) is 0.0202. The summed E-state index contributed by atoms with van der Waals surface area (Å²) in [5.74, 6) is -7.28. The van der Waals surface area contributed by atoms with Crippen molar-refractivity contribution in [3.63, 3.8) is 0 Å². The van der Waals surface area contributed by atoms with Crippen LogP contribution in [0.5, 0.6) is 0 Å². The topological polar surface area (TPSA) is 391 Å². The van der Waals surface area contributed by atoms with Gasteiger partial charge in [0.2, 0.25) is 47.3 Å². The van der Waals surface area contributed by atoms with E-state index >= 15 is 0 Å². The molecular formula is C36H68N14O9. The molecule has 0 aromatic rings. The first-order chi connectivity index (χ1) is 27.5. The average Bonchev–Trinajstić information content (AvgIpc) is 3.12. The first-order valence-corrected chi connectivity index (χ1v) is 19.6. The van der Waals surface area contributed by atoms with E-state index in [2.05, 4.69) is 47.9 Å². The third-order valence-electron chi connectivity index (χ3n) is 8.48. The zero-order valence-electron chi connectivity index (χ0n) is 35.2. The van der Waals surface area contributed by atoms with Gasteiger partial charge in [-0.25, -0.2) is 0 Å². The number of amides is 8. The molecule has 8 amide bonds. The van der Waals surface area contributed by atoms with Crippen LogP contribution in [0.2, 0.25) is 0 Å². The van der Waals surface area contributed by atoms with Crippen LogP contribution in [0.15, 0.2) is 0 Å². The first kappa shape index (κ1) is 53.3. The van der Waals surface area contributed by atoms with Crippen LogP contribution < -0.4 is 65.1 Å². The van der Waals surface area contributed by atoms with Crippen LogP contribution in [-0.4, -0.2) is 127 Å². The van der Waals surface area contributed by atoms with E-state index in [0.717, 1.165) is 0 Å². The van der Waals surface area contributed by atoms with Crippen LogP contribution in [0.1, 0.15) is 87.0 Å². The molecule has 0 unspecified atom stereocenters. The molecule has 0 heterocycles. The number of primary amides is 1. The summed E-state index contributed by atoms with van der Waals surface area (Å²) in [6.45, 7) is 10.8. The molecule has 0 rings (SSSR count). The number of rotatable bonds is 28. The van der Waals surface area contributed by atoms with Gasteiger partial charge in [0.1, 0.15) is 36.3 Å². The molecule has 6 atom stereocenters. The van der Waals surface area contributed by atoms with E-state index in [-0.39, 0.29) is 75.4 Å². The lowest BCUT2D eigenvalue weighted by Gasteiger charge is -2.29. The maximum absolute atomic E-state index is 14.0. The Morgan fingerprint density at radius 2 is 0.915 bits per heavy atom. The van der Waals surface area contributed by atoms with Crippen molar-refractivity contribution < 1.29 is 43.5 Å². The third-order valence-corrected chi connectivity index (χ3v) is 8.48. The summed E-state index contributed by atoms with van der Waals surface area (Å²) in [5, 5.41) is 47.6. The molecule has 336 valence electrons. The van der Waals surface area contributed by atoms with Crippen molar-refractivity contribution in [3.8, 4) is 0 Å². The van der Waals surface area contributed by atoms with E-state index in [4.69, 9.17) is 28.0 Å². The van der Waals surface area contributed by atoms with Gasteiger partial charge in [-0.3, -0.25) is 49.2 Å². The van der Waals surface area contributed by atoms with Gasteiger partial charge in [0.05, 0.1) is 13.2 Å². The van der Waals surface area contributed by atoms with E-state index in [1.807, 2.05) is 13.8 Å². The Labute approximate surface area is 345 Å². The molecule has 0 aliphatic rings. The minimum absolute atomic E-state index is 0.0100. The van der Waals surface area contributed by atoms with Crippen molar-refractivity contribution in [2.75, 3.05) is 26.2 Å². The maximum Gasteiger partial charge on any atom is 0.245 e. The van der Waals surface area contributed by atoms with Crippen LogP contribution in [0.25, 0.3) is 0 Å². The molecule has 0 radical (unpaired) electrons. The zero-order chi connectivity index (χ0) is 45.4. The van der Waals surface area contributed by atoms with Crippen molar-refractivity contribution in [1.29, 1.82) is 10.8 Å². The minimum atomic E-state index is -1.49. The fraction of sp³-hybridized carbons (Fsp3) is 0.722. The van der Waals surface area contributed by atoms with Crippen molar-refractivity contribution in [2.24, 2.45) is 35.0 Å². The molecule has 23 nitrogen and oxygen atoms in total. The van der Waals surface area contributed by atoms with Crippen LogP contribution in [-0.2, 0) is 38.4 Å². The van der Waals surface area contributed by atoms with Gasteiger partial charge in [-0.1, -0.05) is 41.5 Å². The van der Waals surface area contributed by atoms with E-state index < -0.39 is 103 Å². The highest BCUT2D eigenvalue weighted by Gasteiger charge is 2.34. The molecule has 23 heteroatoms. The Kier molecular flexibility index (Phi) is 25.1.